The first-order chi connectivity index (χ1) is 16.1. The highest BCUT2D eigenvalue weighted by atomic mass is 32.1. The van der Waals surface area contributed by atoms with Crippen LogP contribution in [0.25, 0.3) is 0 Å². The average Bonchev–Trinajstić information content (AvgIpc) is 3.18. The van der Waals surface area contributed by atoms with Crippen LogP contribution in [0.5, 0.6) is 0 Å². The van der Waals surface area contributed by atoms with Crippen LogP contribution in [0, 0.1) is 24.4 Å². The zero-order valence-electron chi connectivity index (χ0n) is 19.1. The van der Waals surface area contributed by atoms with Gasteiger partial charge in [-0.1, -0.05) is 12.1 Å². The van der Waals surface area contributed by atoms with Crippen LogP contribution in [-0.2, 0) is 17.9 Å². The SMILES string of the molecule is Cc1ccsc1CN(Cc1ccc(F)cc1)C(=O)CN(C(=O)Nc1ccc(F)cc1F)C(C)C. The fourth-order valence-electron chi connectivity index (χ4n) is 3.29. The lowest BCUT2D eigenvalue weighted by Crippen LogP contribution is -2.47. The van der Waals surface area contributed by atoms with Crippen molar-refractivity contribution in [1.29, 1.82) is 0 Å². The Kier molecular flexibility index (Phi) is 8.33. The van der Waals surface area contributed by atoms with Crippen LogP contribution in [0.3, 0.4) is 0 Å². The minimum absolute atomic E-state index is 0.179. The normalized spacial score (nSPS) is 10.9. The Morgan fingerprint density at radius 2 is 1.65 bits per heavy atom. The van der Waals surface area contributed by atoms with Crippen molar-refractivity contribution in [3.05, 3.63) is 87.4 Å². The van der Waals surface area contributed by atoms with Crippen LogP contribution in [-0.4, -0.2) is 34.3 Å². The van der Waals surface area contributed by atoms with E-state index >= 15 is 0 Å². The number of nitrogens with one attached hydrogen (secondary N) is 1. The lowest BCUT2D eigenvalue weighted by Gasteiger charge is -2.30. The summed E-state index contributed by atoms with van der Waals surface area (Å²) in [6.07, 6.45) is 0. The van der Waals surface area contributed by atoms with Crippen molar-refractivity contribution < 1.29 is 22.8 Å². The number of rotatable bonds is 8. The molecule has 34 heavy (non-hydrogen) atoms. The minimum atomic E-state index is -0.908. The van der Waals surface area contributed by atoms with E-state index in [9.17, 15) is 22.8 Å². The Morgan fingerprint density at radius 3 is 2.24 bits per heavy atom. The van der Waals surface area contributed by atoms with Gasteiger partial charge in [0.25, 0.3) is 0 Å². The lowest BCUT2D eigenvalue weighted by molar-refractivity contribution is -0.133. The predicted molar refractivity (Wildman–Crippen MR) is 127 cm³/mol. The molecule has 0 unspecified atom stereocenters. The fraction of sp³-hybridized carbons (Fsp3) is 0.280. The van der Waals surface area contributed by atoms with Gasteiger partial charge in [-0.2, -0.15) is 0 Å². The van der Waals surface area contributed by atoms with Crippen LogP contribution in [0.1, 0.15) is 29.9 Å². The van der Waals surface area contributed by atoms with E-state index in [-0.39, 0.29) is 36.5 Å². The van der Waals surface area contributed by atoms with Crippen molar-refractivity contribution in [2.24, 2.45) is 0 Å². The molecule has 0 radical (unpaired) electrons. The number of halogens is 3. The number of thiophene rings is 1. The van der Waals surface area contributed by atoms with Crippen molar-refractivity contribution in [3.63, 3.8) is 0 Å². The molecule has 5 nitrogen and oxygen atoms in total. The molecule has 0 saturated carbocycles. The summed E-state index contributed by atoms with van der Waals surface area (Å²) in [4.78, 5) is 30.1. The molecule has 3 aromatic rings. The first-order valence-electron chi connectivity index (χ1n) is 10.7. The van der Waals surface area contributed by atoms with Gasteiger partial charge in [0.05, 0.1) is 12.2 Å². The van der Waals surface area contributed by atoms with E-state index < -0.39 is 17.7 Å². The molecule has 0 saturated heterocycles. The summed E-state index contributed by atoms with van der Waals surface area (Å²) < 4.78 is 40.5. The molecule has 1 heterocycles. The standard InChI is InChI=1S/C25H26F3N3O2S/c1-16(2)31(25(33)29-22-9-8-20(27)12-21(22)28)15-24(32)30(14-23-17(3)10-11-34-23)13-18-4-6-19(26)7-5-18/h4-12,16H,13-15H2,1-3H3,(H,29,33). The second-order valence-electron chi connectivity index (χ2n) is 8.18. The quantitative estimate of drug-likeness (QED) is 0.425. The molecule has 2 aromatic carbocycles. The van der Waals surface area contributed by atoms with E-state index in [2.05, 4.69) is 5.32 Å². The molecule has 9 heteroatoms. The second kappa shape index (κ2) is 11.2. The Balaban J connectivity index is 1.78. The maximum absolute atomic E-state index is 14.0. The molecule has 0 fully saturated rings. The summed E-state index contributed by atoms with van der Waals surface area (Å²) in [5, 5.41) is 4.35. The van der Waals surface area contributed by atoms with Gasteiger partial charge in [-0.05, 0) is 67.6 Å². The molecule has 3 rings (SSSR count). The smallest absolute Gasteiger partial charge is 0.322 e. The minimum Gasteiger partial charge on any atom is -0.332 e. The van der Waals surface area contributed by atoms with Crippen LogP contribution < -0.4 is 5.32 Å². The topological polar surface area (TPSA) is 52.7 Å². The Bertz CT molecular complexity index is 1150. The molecule has 1 aromatic heterocycles. The van der Waals surface area contributed by atoms with Crippen molar-refractivity contribution in [1.82, 2.24) is 9.80 Å². The summed E-state index contributed by atoms with van der Waals surface area (Å²) in [6.45, 7) is 5.75. The van der Waals surface area contributed by atoms with Crippen LogP contribution in [0.4, 0.5) is 23.7 Å². The maximum atomic E-state index is 14.0. The summed E-state index contributed by atoms with van der Waals surface area (Å²) in [7, 11) is 0. The summed E-state index contributed by atoms with van der Waals surface area (Å²) in [6, 6.07) is 9.65. The highest BCUT2D eigenvalue weighted by Crippen LogP contribution is 2.21. The summed E-state index contributed by atoms with van der Waals surface area (Å²) in [5.74, 6) is -2.35. The molecule has 0 bridgehead atoms. The van der Waals surface area contributed by atoms with Crippen molar-refractivity contribution in [2.75, 3.05) is 11.9 Å². The van der Waals surface area contributed by atoms with Gasteiger partial charge in [-0.15, -0.1) is 11.3 Å². The van der Waals surface area contributed by atoms with Gasteiger partial charge in [0.2, 0.25) is 5.91 Å². The molecule has 3 amide bonds. The van der Waals surface area contributed by atoms with Crippen molar-refractivity contribution in [2.45, 2.75) is 39.9 Å². The van der Waals surface area contributed by atoms with E-state index in [1.54, 1.807) is 30.9 Å². The molecule has 0 aliphatic heterocycles. The molecular weight excluding hydrogens is 463 g/mol. The first-order valence-corrected chi connectivity index (χ1v) is 11.6. The van der Waals surface area contributed by atoms with Crippen molar-refractivity contribution >= 4 is 29.0 Å². The molecule has 1 N–H and O–H groups in total. The zero-order valence-corrected chi connectivity index (χ0v) is 20.0. The molecule has 0 aliphatic carbocycles. The van der Waals surface area contributed by atoms with E-state index in [1.165, 1.54) is 28.4 Å². The monoisotopic (exact) mass is 489 g/mol. The van der Waals surface area contributed by atoms with Gasteiger partial charge in [-0.3, -0.25) is 4.79 Å². The van der Waals surface area contributed by atoms with Crippen LogP contribution >= 0.6 is 11.3 Å². The number of anilines is 1. The molecule has 180 valence electrons. The highest BCUT2D eigenvalue weighted by Gasteiger charge is 2.25. The Labute approximate surface area is 200 Å². The van der Waals surface area contributed by atoms with Gasteiger partial charge in [0.15, 0.2) is 0 Å². The van der Waals surface area contributed by atoms with E-state index in [0.717, 1.165) is 28.1 Å². The number of aryl methyl sites for hydroxylation is 1. The number of hydrogen-bond donors (Lipinski definition) is 1. The highest BCUT2D eigenvalue weighted by molar-refractivity contribution is 7.10. The first kappa shape index (κ1) is 25.3. The van der Waals surface area contributed by atoms with Gasteiger partial charge < -0.3 is 15.1 Å². The maximum Gasteiger partial charge on any atom is 0.322 e. The largest absolute Gasteiger partial charge is 0.332 e. The van der Waals surface area contributed by atoms with Gasteiger partial charge >= 0.3 is 6.03 Å². The predicted octanol–water partition coefficient (Wildman–Crippen LogP) is 5.95. The van der Waals surface area contributed by atoms with Gasteiger partial charge in [0.1, 0.15) is 24.0 Å². The summed E-state index contributed by atoms with van der Waals surface area (Å²) >= 11 is 1.53. The van der Waals surface area contributed by atoms with Crippen LogP contribution in [0.15, 0.2) is 53.9 Å². The summed E-state index contributed by atoms with van der Waals surface area (Å²) in [5.41, 5.74) is 1.62. The second-order valence-corrected chi connectivity index (χ2v) is 9.18. The molecular formula is C25H26F3N3O2S. The lowest BCUT2D eigenvalue weighted by atomic mass is 10.2. The number of carbonyl (C=O) groups excluding carboxylic acids is 2. The third-order valence-corrected chi connectivity index (χ3v) is 6.31. The third kappa shape index (κ3) is 6.60. The third-order valence-electron chi connectivity index (χ3n) is 5.30. The van der Waals surface area contributed by atoms with Gasteiger partial charge in [0, 0.05) is 23.5 Å². The number of carbonyl (C=O) groups is 2. The van der Waals surface area contributed by atoms with Crippen molar-refractivity contribution in [3.8, 4) is 0 Å². The van der Waals surface area contributed by atoms with E-state index in [4.69, 9.17) is 0 Å². The molecule has 0 spiro atoms. The number of nitrogens with zero attached hydrogens (tertiary/aromatic N) is 2. The Hall–Kier alpha value is -3.33. The fourth-order valence-corrected chi connectivity index (χ4v) is 4.22. The molecule has 0 aliphatic rings. The average molecular weight is 490 g/mol. The van der Waals surface area contributed by atoms with E-state index in [0.29, 0.717) is 12.6 Å². The number of hydrogen-bond acceptors (Lipinski definition) is 3. The Morgan fingerprint density at radius 1 is 0.971 bits per heavy atom. The molecule has 0 atom stereocenters. The zero-order chi connectivity index (χ0) is 24.8. The number of amides is 3. The number of benzene rings is 2. The number of urea groups is 1. The van der Waals surface area contributed by atoms with Gasteiger partial charge in [-0.25, -0.2) is 18.0 Å². The van der Waals surface area contributed by atoms with Crippen LogP contribution in [0.2, 0.25) is 0 Å². The van der Waals surface area contributed by atoms with E-state index in [1.807, 2.05) is 18.4 Å².